The fourth-order valence-corrected chi connectivity index (χ4v) is 9.60. The summed E-state index contributed by atoms with van der Waals surface area (Å²) in [5.74, 6) is -0.0769. The summed E-state index contributed by atoms with van der Waals surface area (Å²) < 4.78 is 0. The number of hydrogen-bond acceptors (Lipinski definition) is 3. The third kappa shape index (κ3) is 63.4. The minimum absolute atomic E-state index is 0.0769. The molecular formula is C74H127NO3. The third-order valence-corrected chi connectivity index (χ3v) is 14.6. The Labute approximate surface area is 485 Å². The molecule has 0 saturated heterocycles. The molecule has 2 unspecified atom stereocenters. The van der Waals surface area contributed by atoms with Crippen LogP contribution in [0.5, 0.6) is 0 Å². The van der Waals surface area contributed by atoms with E-state index in [9.17, 15) is 15.0 Å². The van der Waals surface area contributed by atoms with Crippen molar-refractivity contribution >= 4 is 5.91 Å². The second-order valence-electron chi connectivity index (χ2n) is 22.1. The number of carbonyl (C=O) groups excluding carboxylic acids is 1. The molecule has 3 N–H and O–H groups in total. The molecule has 2 atom stereocenters. The monoisotopic (exact) mass is 1080 g/mol. The topological polar surface area (TPSA) is 69.6 Å². The van der Waals surface area contributed by atoms with Gasteiger partial charge in [-0.05, 0) is 103 Å². The highest BCUT2D eigenvalue weighted by Crippen LogP contribution is 2.17. The molecule has 0 bridgehead atoms. The van der Waals surface area contributed by atoms with Gasteiger partial charge in [0.2, 0.25) is 5.91 Å². The average molecular weight is 1080 g/mol. The summed E-state index contributed by atoms with van der Waals surface area (Å²) in [6.07, 6.45) is 105. The van der Waals surface area contributed by atoms with E-state index in [2.05, 4.69) is 141 Å². The molecule has 1 amide bonds. The normalized spacial score (nSPS) is 13.6. The lowest BCUT2D eigenvalue weighted by Crippen LogP contribution is -2.45. The molecular weight excluding hydrogens is 951 g/mol. The lowest BCUT2D eigenvalue weighted by molar-refractivity contribution is -0.123. The molecule has 0 saturated carbocycles. The van der Waals surface area contributed by atoms with Crippen LogP contribution in [0.25, 0.3) is 0 Å². The van der Waals surface area contributed by atoms with Crippen LogP contribution in [-0.2, 0) is 4.79 Å². The van der Waals surface area contributed by atoms with Crippen LogP contribution in [0.4, 0.5) is 0 Å². The Morgan fingerprint density at radius 2 is 0.577 bits per heavy atom. The summed E-state index contributed by atoms with van der Waals surface area (Å²) in [7, 11) is 0. The summed E-state index contributed by atoms with van der Waals surface area (Å²) in [4.78, 5) is 12.5. The highest BCUT2D eigenvalue weighted by Gasteiger charge is 2.18. The van der Waals surface area contributed by atoms with Gasteiger partial charge < -0.3 is 15.5 Å². The van der Waals surface area contributed by atoms with E-state index in [1.54, 1.807) is 6.08 Å². The lowest BCUT2D eigenvalue weighted by atomic mass is 10.0. The van der Waals surface area contributed by atoms with Gasteiger partial charge in [-0.15, -0.1) is 0 Å². The van der Waals surface area contributed by atoms with Gasteiger partial charge in [-0.2, -0.15) is 0 Å². The first-order chi connectivity index (χ1) is 38.7. The third-order valence-electron chi connectivity index (χ3n) is 14.6. The maximum atomic E-state index is 12.5. The van der Waals surface area contributed by atoms with Crippen molar-refractivity contribution in [3.05, 3.63) is 134 Å². The van der Waals surface area contributed by atoms with Crippen LogP contribution >= 0.6 is 0 Å². The lowest BCUT2D eigenvalue weighted by Gasteiger charge is -2.19. The maximum Gasteiger partial charge on any atom is 0.220 e. The second-order valence-corrected chi connectivity index (χ2v) is 22.1. The Morgan fingerprint density at radius 1 is 0.321 bits per heavy atom. The predicted molar refractivity (Wildman–Crippen MR) is 349 cm³/mol. The molecule has 0 aromatic rings. The van der Waals surface area contributed by atoms with Crippen LogP contribution in [0.1, 0.15) is 309 Å². The highest BCUT2D eigenvalue weighted by molar-refractivity contribution is 5.76. The van der Waals surface area contributed by atoms with E-state index in [0.29, 0.717) is 6.42 Å². The van der Waals surface area contributed by atoms with Crippen LogP contribution in [0.15, 0.2) is 134 Å². The van der Waals surface area contributed by atoms with Crippen LogP contribution in [0.3, 0.4) is 0 Å². The Morgan fingerprint density at radius 3 is 0.897 bits per heavy atom. The van der Waals surface area contributed by atoms with Crippen molar-refractivity contribution < 1.29 is 15.0 Å². The molecule has 0 aromatic heterocycles. The van der Waals surface area contributed by atoms with Crippen molar-refractivity contribution in [2.75, 3.05) is 6.61 Å². The quantitative estimate of drug-likeness (QED) is 0.0420. The predicted octanol–water partition coefficient (Wildman–Crippen LogP) is 22.9. The van der Waals surface area contributed by atoms with E-state index in [0.717, 1.165) is 89.9 Å². The number of nitrogens with one attached hydrogen (secondary N) is 1. The van der Waals surface area contributed by atoms with Crippen molar-refractivity contribution in [2.24, 2.45) is 0 Å². The van der Waals surface area contributed by atoms with Gasteiger partial charge in [0.05, 0.1) is 18.8 Å². The van der Waals surface area contributed by atoms with E-state index < -0.39 is 12.1 Å². The zero-order valence-corrected chi connectivity index (χ0v) is 51.4. The number of allylic oxidation sites excluding steroid dienone is 21. The van der Waals surface area contributed by atoms with Crippen LogP contribution in [0.2, 0.25) is 0 Å². The summed E-state index contributed by atoms with van der Waals surface area (Å²) in [5, 5.41) is 23.2. The van der Waals surface area contributed by atoms with Gasteiger partial charge >= 0.3 is 0 Å². The number of carbonyl (C=O) groups is 1. The molecule has 446 valence electrons. The molecule has 0 spiro atoms. The number of rotatable bonds is 60. The summed E-state index contributed by atoms with van der Waals surface area (Å²) in [5.41, 5.74) is 0. The summed E-state index contributed by atoms with van der Waals surface area (Å²) in [6, 6.07) is -0.649. The molecule has 0 aliphatic heterocycles. The first-order valence-corrected chi connectivity index (χ1v) is 33.4. The Kier molecular flexibility index (Phi) is 64.8. The van der Waals surface area contributed by atoms with Crippen LogP contribution in [0, 0.1) is 0 Å². The van der Waals surface area contributed by atoms with Gasteiger partial charge in [-0.1, -0.05) is 334 Å². The van der Waals surface area contributed by atoms with Gasteiger partial charge in [0.1, 0.15) is 0 Å². The number of aliphatic hydroxyl groups excluding tert-OH is 2. The Hall–Kier alpha value is -3.47. The average Bonchev–Trinajstić information content (AvgIpc) is 3.44. The minimum Gasteiger partial charge on any atom is -0.394 e. The molecule has 0 rings (SSSR count). The molecule has 0 fully saturated rings. The van der Waals surface area contributed by atoms with E-state index in [-0.39, 0.29) is 12.5 Å². The number of amides is 1. The minimum atomic E-state index is -0.871. The molecule has 78 heavy (non-hydrogen) atoms. The molecule has 0 radical (unpaired) electrons. The van der Waals surface area contributed by atoms with E-state index in [4.69, 9.17) is 0 Å². The number of unbranched alkanes of at least 4 members (excludes halogenated alkanes) is 33. The fraction of sp³-hybridized carbons (Fsp3) is 0.689. The Balaban J connectivity index is 3.57. The largest absolute Gasteiger partial charge is 0.394 e. The first kappa shape index (κ1) is 74.5. The standard InChI is InChI=1S/C74H127NO3/c1-3-5-7-9-11-13-15-17-19-21-23-25-27-29-30-31-32-33-34-35-36-37-38-39-40-41-42-43-44-46-48-50-52-54-56-58-60-62-64-66-68-70-74(78)75-72(71-76)73(77)69-67-65-63-61-59-57-55-53-51-49-47-45-28-26-24-22-20-18-16-14-12-10-8-6-4-2/h5,7,11,13,17,19,23,25,29-30,32-33,35-36,38-39,41-42,59,61,67,69,72-73,76-77H,3-4,6,8-10,12,14-16,18,20-22,24,26-28,31,34,37,40,43-58,60,62-66,68,70-71H2,1-2H3,(H,75,78)/b7-5-,13-11-,19-17-,25-23-,30-29-,33-32-,36-35-,39-38-,42-41-,61-59+,69-67+. The first-order valence-electron chi connectivity index (χ1n) is 33.4. The maximum absolute atomic E-state index is 12.5. The van der Waals surface area contributed by atoms with Gasteiger partial charge in [-0.3, -0.25) is 4.79 Å². The van der Waals surface area contributed by atoms with E-state index >= 15 is 0 Å². The van der Waals surface area contributed by atoms with Gasteiger partial charge in [0.25, 0.3) is 0 Å². The highest BCUT2D eigenvalue weighted by atomic mass is 16.3. The Bertz CT molecular complexity index is 1550. The molecule has 0 heterocycles. The van der Waals surface area contributed by atoms with Crippen molar-refractivity contribution in [1.29, 1.82) is 0 Å². The SMILES string of the molecule is CC/C=C\C/C=C\C/C=C\C/C=C\C/C=C\C/C=C\C/C=C\C/C=C\C/C=C\CCCCCCCCCCCCCCCC(=O)NC(CO)C(O)/C=C/CC/C=C/CCCCCCCCCCCCCCCCCCCCC. The van der Waals surface area contributed by atoms with Crippen molar-refractivity contribution in [3.63, 3.8) is 0 Å². The molecule has 4 nitrogen and oxygen atoms in total. The second kappa shape index (κ2) is 67.8. The molecule has 0 aromatic carbocycles. The van der Waals surface area contributed by atoms with Gasteiger partial charge in [0, 0.05) is 6.42 Å². The summed E-state index contributed by atoms with van der Waals surface area (Å²) >= 11 is 0. The van der Waals surface area contributed by atoms with Gasteiger partial charge in [-0.25, -0.2) is 0 Å². The van der Waals surface area contributed by atoms with E-state index in [1.165, 1.54) is 199 Å². The molecule has 0 aliphatic rings. The van der Waals surface area contributed by atoms with Crippen molar-refractivity contribution in [2.45, 2.75) is 321 Å². The van der Waals surface area contributed by atoms with E-state index in [1.807, 2.05) is 6.08 Å². The van der Waals surface area contributed by atoms with Crippen molar-refractivity contribution in [3.8, 4) is 0 Å². The zero-order chi connectivity index (χ0) is 56.2. The number of aliphatic hydroxyl groups is 2. The zero-order valence-electron chi connectivity index (χ0n) is 51.4. The van der Waals surface area contributed by atoms with Crippen LogP contribution in [-0.4, -0.2) is 34.9 Å². The summed E-state index contributed by atoms with van der Waals surface area (Å²) in [6.45, 7) is 4.20. The number of hydrogen-bond donors (Lipinski definition) is 3. The van der Waals surface area contributed by atoms with Crippen molar-refractivity contribution in [1.82, 2.24) is 5.32 Å². The molecule has 0 aliphatic carbocycles. The smallest absolute Gasteiger partial charge is 0.220 e. The molecule has 4 heteroatoms. The van der Waals surface area contributed by atoms with Crippen LogP contribution < -0.4 is 5.32 Å². The van der Waals surface area contributed by atoms with Gasteiger partial charge in [0.15, 0.2) is 0 Å². The fourth-order valence-electron chi connectivity index (χ4n) is 9.60.